The van der Waals surface area contributed by atoms with Crippen molar-refractivity contribution in [2.24, 2.45) is 23.7 Å². The SMILES string of the molecule is CC[C@H]1OC(=O)[C@H](C)C(=O)[C@H](C)[C@@H](O[C@@H]2O[C@H](C)C[C@H](N(C)C)[C@H]2O)[C@](C)(OCCNCCCc2ccccc2)C[C@@H](C)C(=O)[C@H](C)[C@H]2NC(=O)O[C@@]21C. The van der Waals surface area contributed by atoms with Crippen LogP contribution in [0, 0.1) is 23.7 Å². The van der Waals surface area contributed by atoms with Crippen LogP contribution in [0.4, 0.5) is 4.79 Å². The third-order valence-corrected chi connectivity index (χ3v) is 11.8. The molecule has 1 amide bonds. The molecule has 3 saturated heterocycles. The van der Waals surface area contributed by atoms with Crippen molar-refractivity contribution in [3.63, 3.8) is 0 Å². The van der Waals surface area contributed by atoms with E-state index in [0.29, 0.717) is 13.0 Å². The first-order valence-corrected chi connectivity index (χ1v) is 19.7. The first kappa shape index (κ1) is 43.8. The van der Waals surface area contributed by atoms with Gasteiger partial charge < -0.3 is 44.3 Å². The molecule has 0 saturated carbocycles. The number of carbonyl (C=O) groups excluding carboxylic acids is 4. The van der Waals surface area contributed by atoms with E-state index >= 15 is 0 Å². The van der Waals surface area contributed by atoms with Gasteiger partial charge in [-0.05, 0) is 86.0 Å². The van der Waals surface area contributed by atoms with Gasteiger partial charge in [-0.2, -0.15) is 0 Å². The third kappa shape index (κ3) is 10.1. The van der Waals surface area contributed by atoms with Crippen molar-refractivity contribution in [3.8, 4) is 0 Å². The van der Waals surface area contributed by atoms with Crippen LogP contribution in [0.15, 0.2) is 30.3 Å². The van der Waals surface area contributed by atoms with E-state index in [9.17, 15) is 24.3 Å². The lowest BCUT2D eigenvalue weighted by Crippen LogP contribution is -2.60. The molecule has 4 rings (SSSR count). The zero-order chi connectivity index (χ0) is 40.0. The molecular weight excluding hydrogens is 694 g/mol. The van der Waals surface area contributed by atoms with Gasteiger partial charge in [0.05, 0.1) is 30.5 Å². The highest BCUT2D eigenvalue weighted by Gasteiger charge is 2.57. The molecule has 54 heavy (non-hydrogen) atoms. The molecule has 0 spiro atoms. The van der Waals surface area contributed by atoms with Gasteiger partial charge in [0.2, 0.25) is 0 Å². The van der Waals surface area contributed by atoms with Gasteiger partial charge in [-0.25, -0.2) is 4.79 Å². The second-order valence-corrected chi connectivity index (χ2v) is 16.4. The Bertz CT molecular complexity index is 1430. The molecule has 1 aromatic carbocycles. The Kier molecular flexibility index (Phi) is 15.2. The van der Waals surface area contributed by atoms with Gasteiger partial charge in [0.15, 0.2) is 17.7 Å². The van der Waals surface area contributed by atoms with E-state index in [1.54, 1.807) is 27.7 Å². The standard InChI is InChI=1S/C41H65N3O10/c1-11-31-41(8)35(43-39(49)54-41)26(4)32(45)24(2)23-40(7,50-21-20-42-19-15-18-29-16-13-12-14-17-29)36(27(5)33(46)28(6)37(48)52-31)53-38-34(47)30(44(9)10)22-25(3)51-38/h12-14,16-17,24-28,30-31,34-36,38,42,47H,11,15,18-23H2,1-10H3,(H,43,49)/t24-,25-,26+,27+,28-,30+,31-,34-,35-,36-,38+,40-,41-/m1/s1. The molecule has 13 nitrogen and oxygen atoms in total. The summed E-state index contributed by atoms with van der Waals surface area (Å²) in [5.41, 5.74) is -1.38. The van der Waals surface area contributed by atoms with E-state index < -0.39 is 83.4 Å². The molecular formula is C41H65N3O10. The minimum absolute atomic E-state index is 0.135. The number of hydrogen-bond acceptors (Lipinski definition) is 12. The van der Waals surface area contributed by atoms with Gasteiger partial charge in [-0.1, -0.05) is 58.0 Å². The van der Waals surface area contributed by atoms with Crippen LogP contribution >= 0.6 is 0 Å². The van der Waals surface area contributed by atoms with Gasteiger partial charge in [0.25, 0.3) is 0 Å². The van der Waals surface area contributed by atoms with Crippen molar-refractivity contribution < 1.29 is 48.0 Å². The number of ketones is 2. The quantitative estimate of drug-likeness (QED) is 0.160. The fourth-order valence-corrected chi connectivity index (χ4v) is 8.67. The van der Waals surface area contributed by atoms with E-state index in [1.807, 2.05) is 58.0 Å². The van der Waals surface area contributed by atoms with Crippen molar-refractivity contribution in [2.75, 3.05) is 33.8 Å². The Balaban J connectivity index is 1.69. The van der Waals surface area contributed by atoms with E-state index in [0.717, 1.165) is 19.4 Å². The van der Waals surface area contributed by atoms with Crippen LogP contribution in [0.5, 0.6) is 0 Å². The molecule has 1 aromatic rings. The number of nitrogens with zero attached hydrogens (tertiary/aromatic N) is 1. The number of cyclic esters (lactones) is 1. The maximum atomic E-state index is 14.4. The van der Waals surface area contributed by atoms with Gasteiger partial charge in [-0.15, -0.1) is 0 Å². The fraction of sp³-hybridized carbons (Fsp3) is 0.756. The molecule has 0 unspecified atom stereocenters. The Morgan fingerprint density at radius 3 is 2.31 bits per heavy atom. The number of benzene rings is 1. The van der Waals surface area contributed by atoms with Crippen LogP contribution in [-0.2, 0) is 44.5 Å². The van der Waals surface area contributed by atoms with Crippen LogP contribution in [-0.4, -0.2) is 121 Å². The maximum absolute atomic E-state index is 14.4. The summed E-state index contributed by atoms with van der Waals surface area (Å²) in [5, 5.41) is 17.8. The monoisotopic (exact) mass is 759 g/mol. The van der Waals surface area contributed by atoms with Crippen molar-refractivity contribution in [3.05, 3.63) is 35.9 Å². The van der Waals surface area contributed by atoms with E-state index in [1.165, 1.54) is 12.5 Å². The Labute approximate surface area is 321 Å². The number of aryl methyl sites for hydroxylation is 1. The Morgan fingerprint density at radius 1 is 0.981 bits per heavy atom. The Hall–Kier alpha value is -2.94. The third-order valence-electron chi connectivity index (χ3n) is 11.8. The molecule has 0 aromatic heterocycles. The molecule has 0 bridgehead atoms. The number of fused-ring (bicyclic) bond motifs is 1. The average molecular weight is 760 g/mol. The zero-order valence-electron chi connectivity index (χ0n) is 34.0. The number of Topliss-reactive ketones (excluding diaryl/α,β-unsaturated/α-hetero) is 2. The summed E-state index contributed by atoms with van der Waals surface area (Å²) >= 11 is 0. The summed E-state index contributed by atoms with van der Waals surface area (Å²) in [4.78, 5) is 57.1. The van der Waals surface area contributed by atoms with Gasteiger partial charge in [0.1, 0.15) is 23.9 Å². The average Bonchev–Trinajstić information content (AvgIpc) is 3.45. The molecule has 0 aliphatic carbocycles. The van der Waals surface area contributed by atoms with Crippen LogP contribution in [0.3, 0.4) is 0 Å². The molecule has 13 heteroatoms. The minimum atomic E-state index is -1.36. The summed E-state index contributed by atoms with van der Waals surface area (Å²) in [5.74, 6) is -4.93. The molecule has 3 heterocycles. The molecule has 304 valence electrons. The van der Waals surface area contributed by atoms with Crippen LogP contribution < -0.4 is 10.6 Å². The lowest BCUT2D eigenvalue weighted by atomic mass is 9.73. The van der Waals surface area contributed by atoms with Gasteiger partial charge in [-0.3, -0.25) is 14.4 Å². The summed E-state index contributed by atoms with van der Waals surface area (Å²) in [6, 6.07) is 9.18. The Morgan fingerprint density at radius 2 is 1.67 bits per heavy atom. The molecule has 3 N–H and O–H groups in total. The number of nitrogens with one attached hydrogen (secondary N) is 2. The largest absolute Gasteiger partial charge is 0.458 e. The van der Waals surface area contributed by atoms with E-state index in [4.69, 9.17) is 23.7 Å². The summed E-state index contributed by atoms with van der Waals surface area (Å²) in [6.07, 6.45) is -2.29. The van der Waals surface area contributed by atoms with Crippen molar-refractivity contribution in [1.29, 1.82) is 0 Å². The topological polar surface area (TPSA) is 162 Å². The van der Waals surface area contributed by atoms with Crippen LogP contribution in [0.2, 0.25) is 0 Å². The predicted octanol–water partition coefficient (Wildman–Crippen LogP) is 4.07. The predicted molar refractivity (Wildman–Crippen MR) is 203 cm³/mol. The normalized spacial score (nSPS) is 38.3. The van der Waals surface area contributed by atoms with Crippen molar-refractivity contribution in [1.82, 2.24) is 15.5 Å². The first-order valence-electron chi connectivity index (χ1n) is 19.7. The smallest absolute Gasteiger partial charge is 0.408 e. The zero-order valence-corrected chi connectivity index (χ0v) is 34.0. The van der Waals surface area contributed by atoms with E-state index in [2.05, 4.69) is 22.8 Å². The molecule has 13 atom stereocenters. The highest BCUT2D eigenvalue weighted by atomic mass is 16.7. The van der Waals surface area contributed by atoms with E-state index in [-0.39, 0.29) is 37.4 Å². The lowest BCUT2D eigenvalue weighted by molar-refractivity contribution is -0.297. The van der Waals surface area contributed by atoms with Crippen LogP contribution in [0.25, 0.3) is 0 Å². The minimum Gasteiger partial charge on any atom is -0.458 e. The first-order chi connectivity index (χ1) is 25.4. The number of amides is 1. The van der Waals surface area contributed by atoms with Crippen molar-refractivity contribution in [2.45, 2.75) is 141 Å². The molecule has 3 aliphatic heterocycles. The second-order valence-electron chi connectivity index (χ2n) is 16.4. The van der Waals surface area contributed by atoms with Crippen LogP contribution in [0.1, 0.15) is 86.6 Å². The number of ether oxygens (including phenoxy) is 5. The number of esters is 1. The lowest BCUT2D eigenvalue weighted by Gasteiger charge is -2.47. The molecule has 3 fully saturated rings. The number of hydrogen-bond donors (Lipinski definition) is 3. The number of carbonyl (C=O) groups is 4. The summed E-state index contributed by atoms with van der Waals surface area (Å²) in [7, 11) is 3.76. The highest BCUT2D eigenvalue weighted by molar-refractivity contribution is 6.00. The van der Waals surface area contributed by atoms with Gasteiger partial charge >= 0.3 is 12.1 Å². The molecule has 0 radical (unpaired) electrons. The molecule has 3 aliphatic rings. The van der Waals surface area contributed by atoms with Gasteiger partial charge in [0, 0.05) is 30.3 Å². The number of rotatable bonds is 12. The number of alkyl carbamates (subject to hydrolysis) is 1. The summed E-state index contributed by atoms with van der Waals surface area (Å²) in [6.45, 7) is 15.4. The van der Waals surface area contributed by atoms with Crippen molar-refractivity contribution >= 4 is 23.6 Å². The second kappa shape index (κ2) is 18.8. The summed E-state index contributed by atoms with van der Waals surface area (Å²) < 4.78 is 31.4. The highest BCUT2D eigenvalue weighted by Crippen LogP contribution is 2.40. The number of aliphatic hydroxyl groups excluding tert-OH is 1. The number of likely N-dealkylation sites (N-methyl/N-ethyl adjacent to an activating group) is 1. The fourth-order valence-electron chi connectivity index (χ4n) is 8.67. The number of aliphatic hydroxyl groups is 1. The maximum Gasteiger partial charge on any atom is 0.408 e.